The number of carbonyl (C=O) groups is 1. The van der Waals surface area contributed by atoms with Gasteiger partial charge in [-0.15, -0.1) is 0 Å². The van der Waals surface area contributed by atoms with Gasteiger partial charge < -0.3 is 9.64 Å². The van der Waals surface area contributed by atoms with E-state index in [-0.39, 0.29) is 24.1 Å². The molecule has 1 fully saturated rings. The Bertz CT molecular complexity index is 905. The lowest BCUT2D eigenvalue weighted by molar-refractivity contribution is -0.136. The van der Waals surface area contributed by atoms with Crippen LogP contribution in [0, 0.1) is 0 Å². The zero-order valence-corrected chi connectivity index (χ0v) is 15.9. The highest BCUT2D eigenvalue weighted by molar-refractivity contribution is 5.80. The number of likely N-dealkylation sites (tertiary alicyclic amines) is 1. The molecule has 0 aliphatic carbocycles. The number of ether oxygens (including phenoxy) is 1. The molecule has 1 saturated heterocycles. The van der Waals surface area contributed by atoms with Crippen LogP contribution in [0.1, 0.15) is 51.3 Å². The van der Waals surface area contributed by atoms with Crippen LogP contribution in [0.4, 0.5) is 0 Å². The number of nitrogens with zero attached hydrogens (tertiary/aromatic N) is 3. The number of fused-ring (bicyclic) bond motifs is 2. The summed E-state index contributed by atoms with van der Waals surface area (Å²) in [7, 11) is 0. The second kappa shape index (κ2) is 7.71. The monoisotopic (exact) mass is 369 g/mol. The molecule has 1 atom stereocenters. The van der Waals surface area contributed by atoms with Gasteiger partial charge in [-0.05, 0) is 57.2 Å². The van der Waals surface area contributed by atoms with E-state index in [0.29, 0.717) is 16.7 Å². The maximum atomic E-state index is 12.9. The molecule has 144 valence electrons. The minimum atomic E-state index is -0.00155. The van der Waals surface area contributed by atoms with Gasteiger partial charge >= 0.3 is 0 Å². The first-order chi connectivity index (χ1) is 13.1. The second-order valence-corrected chi connectivity index (χ2v) is 7.70. The highest BCUT2D eigenvalue weighted by atomic mass is 16.5. The summed E-state index contributed by atoms with van der Waals surface area (Å²) in [6.07, 6.45) is 7.36. The lowest BCUT2D eigenvalue weighted by Gasteiger charge is -2.33. The summed E-state index contributed by atoms with van der Waals surface area (Å²) < 4.78 is 7.54. The largest absolute Gasteiger partial charge is 0.484 e. The molecular formula is C21H27N3O3. The van der Waals surface area contributed by atoms with Gasteiger partial charge in [-0.25, -0.2) is 4.98 Å². The SMILES string of the molecule is CC1CCCCN1C(=O)COc1ccc2nc3n(c(=O)c2c1)CCCCC3. The van der Waals surface area contributed by atoms with Crippen molar-refractivity contribution < 1.29 is 9.53 Å². The molecule has 6 heteroatoms. The predicted molar refractivity (Wildman–Crippen MR) is 104 cm³/mol. The van der Waals surface area contributed by atoms with Gasteiger partial charge in [0.1, 0.15) is 11.6 Å². The fourth-order valence-corrected chi connectivity index (χ4v) is 4.18. The molecule has 0 bridgehead atoms. The minimum Gasteiger partial charge on any atom is -0.484 e. The van der Waals surface area contributed by atoms with Crippen molar-refractivity contribution in [1.29, 1.82) is 0 Å². The predicted octanol–water partition coefficient (Wildman–Crippen LogP) is 2.90. The Morgan fingerprint density at radius 2 is 2.04 bits per heavy atom. The highest BCUT2D eigenvalue weighted by Gasteiger charge is 2.23. The Kier molecular flexibility index (Phi) is 5.14. The number of aryl methyl sites for hydroxylation is 1. The smallest absolute Gasteiger partial charge is 0.261 e. The molecular weight excluding hydrogens is 342 g/mol. The molecule has 0 spiro atoms. The van der Waals surface area contributed by atoms with E-state index in [9.17, 15) is 9.59 Å². The molecule has 4 rings (SSSR count). The molecule has 27 heavy (non-hydrogen) atoms. The molecule has 2 aliphatic rings. The van der Waals surface area contributed by atoms with Crippen LogP contribution in [0.2, 0.25) is 0 Å². The Hall–Kier alpha value is -2.37. The molecule has 1 aromatic heterocycles. The fourth-order valence-electron chi connectivity index (χ4n) is 4.18. The van der Waals surface area contributed by atoms with Crippen molar-refractivity contribution in [3.05, 3.63) is 34.4 Å². The van der Waals surface area contributed by atoms with Crippen LogP contribution >= 0.6 is 0 Å². The third kappa shape index (κ3) is 3.70. The van der Waals surface area contributed by atoms with Gasteiger partial charge in [0.25, 0.3) is 11.5 Å². The van der Waals surface area contributed by atoms with Crippen molar-refractivity contribution in [2.75, 3.05) is 13.2 Å². The van der Waals surface area contributed by atoms with Crippen LogP contribution in [0.3, 0.4) is 0 Å². The van der Waals surface area contributed by atoms with Crippen LogP contribution in [0.25, 0.3) is 10.9 Å². The van der Waals surface area contributed by atoms with Gasteiger partial charge in [0, 0.05) is 25.6 Å². The van der Waals surface area contributed by atoms with Gasteiger partial charge in [-0.3, -0.25) is 14.2 Å². The van der Waals surface area contributed by atoms with E-state index in [0.717, 1.165) is 57.4 Å². The van der Waals surface area contributed by atoms with Gasteiger partial charge in [-0.1, -0.05) is 6.42 Å². The van der Waals surface area contributed by atoms with Crippen molar-refractivity contribution in [2.24, 2.45) is 0 Å². The van der Waals surface area contributed by atoms with Crippen LogP contribution < -0.4 is 10.3 Å². The van der Waals surface area contributed by atoms with Crippen LogP contribution in [0.5, 0.6) is 5.75 Å². The second-order valence-electron chi connectivity index (χ2n) is 7.70. The van der Waals surface area contributed by atoms with Gasteiger partial charge in [0.15, 0.2) is 6.61 Å². The first-order valence-electron chi connectivity index (χ1n) is 10.1. The van der Waals surface area contributed by atoms with Crippen molar-refractivity contribution >= 4 is 16.8 Å². The van der Waals surface area contributed by atoms with Crippen molar-refractivity contribution in [3.63, 3.8) is 0 Å². The molecule has 6 nitrogen and oxygen atoms in total. The zero-order valence-electron chi connectivity index (χ0n) is 15.9. The van der Waals surface area contributed by atoms with E-state index in [2.05, 4.69) is 11.9 Å². The van der Waals surface area contributed by atoms with E-state index >= 15 is 0 Å². The molecule has 3 heterocycles. The Balaban J connectivity index is 1.54. The first kappa shape index (κ1) is 18.0. The zero-order chi connectivity index (χ0) is 18.8. The quantitative estimate of drug-likeness (QED) is 0.834. The summed E-state index contributed by atoms with van der Waals surface area (Å²) in [4.78, 5) is 32.0. The highest BCUT2D eigenvalue weighted by Crippen LogP contribution is 2.21. The third-order valence-corrected chi connectivity index (χ3v) is 5.77. The Labute approximate surface area is 159 Å². The standard InChI is InChI=1S/C21H27N3O3/c1-15-7-4-6-11-23(15)20(25)14-27-16-9-10-18-17(13-16)21(26)24-12-5-2-3-8-19(24)22-18/h9-10,13,15H,2-8,11-12,14H2,1H3. The summed E-state index contributed by atoms with van der Waals surface area (Å²) in [6, 6.07) is 5.63. The van der Waals surface area contributed by atoms with Crippen molar-refractivity contribution in [1.82, 2.24) is 14.5 Å². The summed E-state index contributed by atoms with van der Waals surface area (Å²) in [5, 5.41) is 0.567. The lowest BCUT2D eigenvalue weighted by atomic mass is 10.0. The fraction of sp³-hybridized carbons (Fsp3) is 0.571. The normalized spacial score (nSPS) is 20.2. The van der Waals surface area contributed by atoms with E-state index in [1.165, 1.54) is 6.42 Å². The number of hydrogen-bond donors (Lipinski definition) is 0. The lowest BCUT2D eigenvalue weighted by Crippen LogP contribution is -2.44. The number of hydrogen-bond acceptors (Lipinski definition) is 4. The van der Waals surface area contributed by atoms with Gasteiger partial charge in [-0.2, -0.15) is 0 Å². The van der Waals surface area contributed by atoms with Crippen LogP contribution in [0.15, 0.2) is 23.0 Å². The molecule has 1 unspecified atom stereocenters. The average molecular weight is 369 g/mol. The number of piperidine rings is 1. The number of amides is 1. The topological polar surface area (TPSA) is 64.4 Å². The van der Waals surface area contributed by atoms with Gasteiger partial charge in [0.05, 0.1) is 10.9 Å². The van der Waals surface area contributed by atoms with Crippen molar-refractivity contribution in [2.45, 2.75) is 64.5 Å². The summed E-state index contributed by atoms with van der Waals surface area (Å²) in [6.45, 7) is 3.63. The number of carbonyl (C=O) groups excluding carboxylic acids is 1. The number of benzene rings is 1. The third-order valence-electron chi connectivity index (χ3n) is 5.77. The van der Waals surface area contributed by atoms with E-state index in [4.69, 9.17) is 4.74 Å². The Morgan fingerprint density at radius 3 is 2.89 bits per heavy atom. The van der Waals surface area contributed by atoms with E-state index < -0.39 is 0 Å². The van der Waals surface area contributed by atoms with Crippen molar-refractivity contribution in [3.8, 4) is 5.75 Å². The summed E-state index contributed by atoms with van der Waals surface area (Å²) >= 11 is 0. The maximum Gasteiger partial charge on any atom is 0.261 e. The minimum absolute atomic E-state index is 0.00155. The first-order valence-corrected chi connectivity index (χ1v) is 10.1. The molecule has 0 saturated carbocycles. The van der Waals surface area contributed by atoms with Crippen LogP contribution in [-0.2, 0) is 17.8 Å². The van der Waals surface area contributed by atoms with E-state index in [1.54, 1.807) is 16.7 Å². The average Bonchev–Trinajstić information content (AvgIpc) is 2.92. The number of rotatable bonds is 3. The van der Waals surface area contributed by atoms with Gasteiger partial charge in [0.2, 0.25) is 0 Å². The van der Waals surface area contributed by atoms with E-state index in [1.807, 2.05) is 11.0 Å². The Morgan fingerprint density at radius 1 is 1.19 bits per heavy atom. The van der Waals surface area contributed by atoms with Crippen LogP contribution in [-0.4, -0.2) is 39.6 Å². The molecule has 0 N–H and O–H groups in total. The molecule has 1 aromatic carbocycles. The summed E-state index contributed by atoms with van der Waals surface area (Å²) in [5.41, 5.74) is 0.704. The summed E-state index contributed by atoms with van der Waals surface area (Å²) in [5.74, 6) is 1.44. The molecule has 2 aromatic rings. The molecule has 2 aliphatic heterocycles. The number of aromatic nitrogens is 2. The maximum absolute atomic E-state index is 12.9. The molecule has 1 amide bonds. The molecule has 0 radical (unpaired) electrons.